The minimum Gasteiger partial charge on any atom is -0.439 e. The molecule has 0 saturated carbocycles. The van der Waals surface area contributed by atoms with Crippen LogP contribution in [0.15, 0.2) is 60.9 Å². The standard InChI is InChI=1S/C22H24ClN5O2/c23-20-9-5-4-8-19(20)21(15-28-25-16-24-26-28)30-22(29)27-12-10-18(11-13-27)14-17-6-2-1-3-7-17/h1-9,16,18,21H,10-15H2/t21-/m1/s1. The van der Waals surface area contributed by atoms with E-state index in [1.165, 1.54) is 16.7 Å². The van der Waals surface area contributed by atoms with Crippen LogP contribution in [0.5, 0.6) is 0 Å². The minimum absolute atomic E-state index is 0.250. The Morgan fingerprint density at radius 1 is 1.10 bits per heavy atom. The van der Waals surface area contributed by atoms with E-state index in [1.54, 1.807) is 11.0 Å². The summed E-state index contributed by atoms with van der Waals surface area (Å²) < 4.78 is 5.86. The Bertz CT molecular complexity index is 943. The Balaban J connectivity index is 1.37. The van der Waals surface area contributed by atoms with Crippen LogP contribution >= 0.6 is 11.6 Å². The van der Waals surface area contributed by atoms with E-state index in [4.69, 9.17) is 16.3 Å². The van der Waals surface area contributed by atoms with Crippen molar-refractivity contribution in [3.63, 3.8) is 0 Å². The van der Waals surface area contributed by atoms with Crippen molar-refractivity contribution in [1.29, 1.82) is 0 Å². The zero-order chi connectivity index (χ0) is 20.8. The van der Waals surface area contributed by atoms with E-state index < -0.39 is 6.10 Å². The summed E-state index contributed by atoms with van der Waals surface area (Å²) in [6.45, 7) is 1.63. The molecule has 0 N–H and O–H groups in total. The molecule has 1 fully saturated rings. The average molecular weight is 426 g/mol. The topological polar surface area (TPSA) is 73.1 Å². The van der Waals surface area contributed by atoms with Gasteiger partial charge >= 0.3 is 6.09 Å². The molecule has 1 aliphatic rings. The van der Waals surface area contributed by atoms with Gasteiger partial charge in [0.15, 0.2) is 12.4 Å². The number of ether oxygens (including phenoxy) is 1. The number of amides is 1. The van der Waals surface area contributed by atoms with Crippen LogP contribution in [0, 0.1) is 5.92 Å². The number of aromatic nitrogens is 4. The fourth-order valence-electron chi connectivity index (χ4n) is 3.82. The van der Waals surface area contributed by atoms with Gasteiger partial charge in [-0.25, -0.2) is 4.79 Å². The molecule has 1 atom stereocenters. The van der Waals surface area contributed by atoms with E-state index in [2.05, 4.69) is 39.7 Å². The summed E-state index contributed by atoms with van der Waals surface area (Å²) in [6.07, 6.45) is 3.39. The first-order valence-electron chi connectivity index (χ1n) is 10.1. The number of rotatable bonds is 6. The van der Waals surface area contributed by atoms with Gasteiger partial charge in [-0.3, -0.25) is 0 Å². The fraction of sp³-hybridized carbons (Fsp3) is 0.364. The summed E-state index contributed by atoms with van der Waals surface area (Å²) in [5.41, 5.74) is 2.07. The molecule has 0 radical (unpaired) electrons. The van der Waals surface area contributed by atoms with Gasteiger partial charge in [0.25, 0.3) is 0 Å². The first kappa shape index (κ1) is 20.3. The van der Waals surface area contributed by atoms with Crippen LogP contribution in [0.3, 0.4) is 0 Å². The molecule has 156 valence electrons. The molecule has 0 aliphatic carbocycles. The average Bonchev–Trinajstić information content (AvgIpc) is 3.28. The van der Waals surface area contributed by atoms with Crippen LogP contribution in [0.25, 0.3) is 0 Å². The highest BCUT2D eigenvalue weighted by Crippen LogP contribution is 2.28. The number of hydrogen-bond donors (Lipinski definition) is 0. The number of piperidine rings is 1. The van der Waals surface area contributed by atoms with Crippen molar-refractivity contribution in [2.45, 2.75) is 31.9 Å². The number of nitrogens with zero attached hydrogens (tertiary/aromatic N) is 5. The summed E-state index contributed by atoms with van der Waals surface area (Å²) in [4.78, 5) is 16.1. The van der Waals surface area contributed by atoms with Gasteiger partial charge in [0.1, 0.15) is 6.54 Å². The Hall–Kier alpha value is -2.93. The van der Waals surface area contributed by atoms with Gasteiger partial charge in [-0.1, -0.05) is 60.1 Å². The van der Waals surface area contributed by atoms with E-state index in [-0.39, 0.29) is 12.6 Å². The van der Waals surface area contributed by atoms with Crippen LogP contribution in [-0.2, 0) is 17.7 Å². The van der Waals surface area contributed by atoms with Crippen molar-refractivity contribution >= 4 is 17.7 Å². The molecular formula is C22H24ClN5O2. The maximum Gasteiger partial charge on any atom is 0.410 e. The molecular weight excluding hydrogens is 402 g/mol. The van der Waals surface area contributed by atoms with Crippen molar-refractivity contribution in [2.24, 2.45) is 5.92 Å². The van der Waals surface area contributed by atoms with Gasteiger partial charge in [-0.15, -0.1) is 10.2 Å². The predicted molar refractivity (Wildman–Crippen MR) is 113 cm³/mol. The van der Waals surface area contributed by atoms with Gasteiger partial charge in [-0.05, 0) is 42.0 Å². The lowest BCUT2D eigenvalue weighted by atomic mass is 9.90. The summed E-state index contributed by atoms with van der Waals surface area (Å²) in [6, 6.07) is 17.8. The Kier molecular flexibility index (Phi) is 6.59. The third kappa shape index (κ3) is 5.16. The Morgan fingerprint density at radius 2 is 1.83 bits per heavy atom. The number of halogens is 1. The zero-order valence-electron chi connectivity index (χ0n) is 16.6. The van der Waals surface area contributed by atoms with Crippen LogP contribution in [0.4, 0.5) is 4.79 Å². The number of likely N-dealkylation sites (tertiary alicyclic amines) is 1. The van der Waals surface area contributed by atoms with Gasteiger partial charge in [0, 0.05) is 23.7 Å². The molecule has 1 aromatic heterocycles. The van der Waals surface area contributed by atoms with Crippen LogP contribution in [-0.4, -0.2) is 44.3 Å². The lowest BCUT2D eigenvalue weighted by molar-refractivity contribution is 0.0420. The molecule has 30 heavy (non-hydrogen) atoms. The highest BCUT2D eigenvalue weighted by atomic mass is 35.5. The van der Waals surface area contributed by atoms with Gasteiger partial charge in [0.2, 0.25) is 0 Å². The lowest BCUT2D eigenvalue weighted by Crippen LogP contribution is -2.40. The van der Waals surface area contributed by atoms with E-state index in [9.17, 15) is 4.79 Å². The summed E-state index contributed by atoms with van der Waals surface area (Å²) in [7, 11) is 0. The minimum atomic E-state index is -0.595. The molecule has 1 aliphatic heterocycles. The van der Waals surface area contributed by atoms with Gasteiger partial charge < -0.3 is 9.64 Å². The SMILES string of the molecule is O=C(O[C@H](Cn1ncnn1)c1ccccc1Cl)N1CCC(Cc2ccccc2)CC1. The molecule has 3 aromatic rings. The van der Waals surface area contributed by atoms with Crippen molar-refractivity contribution in [2.75, 3.05) is 13.1 Å². The Labute approximate surface area is 180 Å². The fourth-order valence-corrected chi connectivity index (χ4v) is 4.08. The molecule has 2 aromatic carbocycles. The number of carbonyl (C=O) groups is 1. The highest BCUT2D eigenvalue weighted by Gasteiger charge is 2.28. The van der Waals surface area contributed by atoms with E-state index >= 15 is 0 Å². The Morgan fingerprint density at radius 3 is 2.53 bits per heavy atom. The smallest absolute Gasteiger partial charge is 0.410 e. The van der Waals surface area contributed by atoms with E-state index in [0.29, 0.717) is 24.0 Å². The first-order valence-corrected chi connectivity index (χ1v) is 10.5. The lowest BCUT2D eigenvalue weighted by Gasteiger charge is -2.32. The number of tetrazole rings is 1. The van der Waals surface area contributed by atoms with Crippen molar-refractivity contribution < 1.29 is 9.53 Å². The monoisotopic (exact) mass is 425 g/mol. The summed E-state index contributed by atoms with van der Waals surface area (Å²) >= 11 is 6.35. The second-order valence-electron chi connectivity index (χ2n) is 7.50. The maximum atomic E-state index is 12.9. The van der Waals surface area contributed by atoms with Gasteiger partial charge in [0.05, 0.1) is 0 Å². The number of benzene rings is 2. The second-order valence-corrected chi connectivity index (χ2v) is 7.91. The number of hydrogen-bond acceptors (Lipinski definition) is 5. The van der Waals surface area contributed by atoms with E-state index in [0.717, 1.165) is 24.8 Å². The largest absolute Gasteiger partial charge is 0.439 e. The van der Waals surface area contributed by atoms with E-state index in [1.807, 2.05) is 24.3 Å². The molecule has 0 bridgehead atoms. The normalized spacial score (nSPS) is 15.7. The number of carbonyl (C=O) groups excluding carboxylic acids is 1. The predicted octanol–water partition coefficient (Wildman–Crippen LogP) is 4.16. The van der Waals surface area contributed by atoms with Crippen molar-refractivity contribution in [3.05, 3.63) is 77.1 Å². The quantitative estimate of drug-likeness (QED) is 0.592. The molecule has 4 rings (SSSR count). The van der Waals surface area contributed by atoms with Crippen molar-refractivity contribution in [3.8, 4) is 0 Å². The first-order chi connectivity index (χ1) is 14.7. The summed E-state index contributed by atoms with van der Waals surface area (Å²) in [5, 5.41) is 12.2. The van der Waals surface area contributed by atoms with Gasteiger partial charge in [-0.2, -0.15) is 4.80 Å². The highest BCUT2D eigenvalue weighted by molar-refractivity contribution is 6.31. The molecule has 2 heterocycles. The van der Waals surface area contributed by atoms with Crippen LogP contribution < -0.4 is 0 Å². The molecule has 1 amide bonds. The zero-order valence-corrected chi connectivity index (χ0v) is 17.4. The van der Waals surface area contributed by atoms with Crippen LogP contribution in [0.1, 0.15) is 30.1 Å². The summed E-state index contributed by atoms with van der Waals surface area (Å²) in [5.74, 6) is 0.579. The molecule has 7 nitrogen and oxygen atoms in total. The van der Waals surface area contributed by atoms with Crippen LogP contribution in [0.2, 0.25) is 5.02 Å². The third-order valence-electron chi connectivity index (χ3n) is 5.46. The molecule has 8 heteroatoms. The maximum absolute atomic E-state index is 12.9. The molecule has 0 spiro atoms. The molecule has 1 saturated heterocycles. The third-order valence-corrected chi connectivity index (χ3v) is 5.80. The second kappa shape index (κ2) is 9.71. The van der Waals surface area contributed by atoms with Crippen molar-refractivity contribution in [1.82, 2.24) is 25.1 Å². The molecule has 0 unspecified atom stereocenters.